The van der Waals surface area contributed by atoms with Crippen molar-refractivity contribution >= 4 is 35.1 Å². The van der Waals surface area contributed by atoms with Crippen molar-refractivity contribution in [3.8, 4) is 0 Å². The molecule has 0 fully saturated rings. The molecule has 0 radical (unpaired) electrons. The summed E-state index contributed by atoms with van der Waals surface area (Å²) in [6.45, 7) is 2.48. The van der Waals surface area contributed by atoms with E-state index in [1.54, 1.807) is 42.5 Å². The molecule has 0 saturated carbocycles. The molecule has 0 heterocycles. The summed E-state index contributed by atoms with van der Waals surface area (Å²) in [6, 6.07) is 13.3. The molecular weight excluding hydrogens is 368 g/mol. The number of amides is 2. The minimum absolute atomic E-state index is 0.185. The van der Waals surface area contributed by atoms with Crippen LogP contribution in [0.1, 0.15) is 35.7 Å². The normalized spacial score (nSPS) is 10.1. The predicted octanol–water partition coefficient (Wildman–Crippen LogP) is 3.55. The average Bonchev–Trinajstić information content (AvgIpc) is 2.67. The van der Waals surface area contributed by atoms with Gasteiger partial charge in [-0.15, -0.1) is 0 Å². The molecule has 6 nitrogen and oxygen atoms in total. The van der Waals surface area contributed by atoms with Gasteiger partial charge in [0.1, 0.15) is 0 Å². The van der Waals surface area contributed by atoms with Gasteiger partial charge in [-0.05, 0) is 36.2 Å². The van der Waals surface area contributed by atoms with Crippen molar-refractivity contribution in [2.24, 2.45) is 0 Å². The maximum Gasteiger partial charge on any atom is 0.340 e. The summed E-state index contributed by atoms with van der Waals surface area (Å²) < 4.78 is 5.16. The molecule has 0 saturated heterocycles. The number of halogens is 1. The van der Waals surface area contributed by atoms with Gasteiger partial charge < -0.3 is 15.4 Å². The maximum atomic E-state index is 12.1. The second-order valence-corrected chi connectivity index (χ2v) is 6.23. The summed E-state index contributed by atoms with van der Waals surface area (Å²) in [6.07, 6.45) is 1.66. The summed E-state index contributed by atoms with van der Waals surface area (Å²) in [5.41, 5.74) is 1.23. The van der Waals surface area contributed by atoms with Gasteiger partial charge in [0.2, 0.25) is 0 Å². The fraction of sp³-hybridized carbons (Fsp3) is 0.250. The van der Waals surface area contributed by atoms with E-state index in [0.717, 1.165) is 18.4 Å². The SMILES string of the molecule is CCCCOC(=O)c1ccccc1NC(=O)C(=O)NCc1ccc(Cl)cc1. The van der Waals surface area contributed by atoms with Gasteiger partial charge in [-0.25, -0.2) is 4.79 Å². The quantitative estimate of drug-likeness (QED) is 0.431. The average molecular weight is 389 g/mol. The zero-order valence-corrected chi connectivity index (χ0v) is 15.7. The lowest BCUT2D eigenvalue weighted by Crippen LogP contribution is -2.35. The highest BCUT2D eigenvalue weighted by molar-refractivity contribution is 6.40. The predicted molar refractivity (Wildman–Crippen MR) is 104 cm³/mol. The molecule has 2 aromatic carbocycles. The first-order valence-electron chi connectivity index (χ1n) is 8.61. The minimum atomic E-state index is -0.863. The van der Waals surface area contributed by atoms with Crippen LogP contribution in [0.2, 0.25) is 5.02 Å². The van der Waals surface area contributed by atoms with Crippen molar-refractivity contribution in [2.45, 2.75) is 26.3 Å². The van der Waals surface area contributed by atoms with Gasteiger partial charge in [-0.1, -0.05) is 49.2 Å². The molecule has 27 heavy (non-hydrogen) atoms. The third kappa shape index (κ3) is 6.42. The molecule has 0 bridgehead atoms. The molecule has 2 N–H and O–H groups in total. The number of hydrogen-bond donors (Lipinski definition) is 2. The van der Waals surface area contributed by atoms with Crippen LogP contribution in [0.5, 0.6) is 0 Å². The third-order valence-electron chi connectivity index (χ3n) is 3.70. The van der Waals surface area contributed by atoms with Crippen molar-refractivity contribution in [3.63, 3.8) is 0 Å². The van der Waals surface area contributed by atoms with E-state index >= 15 is 0 Å². The Balaban J connectivity index is 1.95. The standard InChI is InChI=1S/C20H21ClN2O4/c1-2-3-12-27-20(26)16-6-4-5-7-17(16)23-19(25)18(24)22-13-14-8-10-15(21)11-9-14/h4-11H,2-3,12-13H2,1H3,(H,22,24)(H,23,25). The number of rotatable bonds is 7. The molecule has 0 aliphatic heterocycles. The Kier molecular flexibility index (Phi) is 7.82. The Labute approximate surface area is 162 Å². The smallest absolute Gasteiger partial charge is 0.340 e. The second kappa shape index (κ2) is 10.3. The van der Waals surface area contributed by atoms with Gasteiger partial charge in [-0.2, -0.15) is 0 Å². The Morgan fingerprint density at radius 3 is 2.41 bits per heavy atom. The molecule has 2 aromatic rings. The first kappa shape index (κ1) is 20.5. The molecule has 0 aliphatic carbocycles. The first-order valence-corrected chi connectivity index (χ1v) is 8.99. The summed E-state index contributed by atoms with van der Waals surface area (Å²) in [7, 11) is 0. The van der Waals surface area contributed by atoms with E-state index < -0.39 is 17.8 Å². The number of ether oxygens (including phenoxy) is 1. The van der Waals surface area contributed by atoms with Crippen LogP contribution in [0.3, 0.4) is 0 Å². The number of nitrogens with one attached hydrogen (secondary N) is 2. The number of anilines is 1. The fourth-order valence-corrected chi connectivity index (χ4v) is 2.33. The van der Waals surface area contributed by atoms with Crippen molar-refractivity contribution in [1.82, 2.24) is 5.32 Å². The number of unbranched alkanes of at least 4 members (excludes halogenated alkanes) is 1. The van der Waals surface area contributed by atoms with Gasteiger partial charge in [0, 0.05) is 11.6 Å². The van der Waals surface area contributed by atoms with Crippen molar-refractivity contribution in [1.29, 1.82) is 0 Å². The number of carbonyl (C=O) groups is 3. The molecular formula is C20H21ClN2O4. The lowest BCUT2D eigenvalue weighted by molar-refractivity contribution is -0.136. The van der Waals surface area contributed by atoms with Crippen LogP contribution in [-0.4, -0.2) is 24.4 Å². The lowest BCUT2D eigenvalue weighted by atomic mass is 10.1. The van der Waals surface area contributed by atoms with Crippen LogP contribution < -0.4 is 10.6 Å². The van der Waals surface area contributed by atoms with Gasteiger partial charge in [0.15, 0.2) is 0 Å². The number of para-hydroxylation sites is 1. The molecule has 2 rings (SSSR count). The van der Waals surface area contributed by atoms with Crippen molar-refractivity contribution in [2.75, 3.05) is 11.9 Å². The summed E-state index contributed by atoms with van der Waals surface area (Å²) in [5, 5.41) is 5.56. The van der Waals surface area contributed by atoms with Crippen LogP contribution in [0.4, 0.5) is 5.69 Å². The van der Waals surface area contributed by atoms with Crippen LogP contribution in [-0.2, 0) is 20.9 Å². The Hall–Kier alpha value is -2.86. The molecule has 0 aromatic heterocycles. The minimum Gasteiger partial charge on any atom is -0.462 e. The molecule has 0 atom stereocenters. The fourth-order valence-electron chi connectivity index (χ4n) is 2.20. The summed E-state index contributed by atoms with van der Waals surface area (Å²) in [5.74, 6) is -2.21. The van der Waals surface area contributed by atoms with Gasteiger partial charge in [0.05, 0.1) is 17.9 Å². The van der Waals surface area contributed by atoms with E-state index in [1.165, 1.54) is 6.07 Å². The lowest BCUT2D eigenvalue weighted by Gasteiger charge is -2.11. The highest BCUT2D eigenvalue weighted by Gasteiger charge is 2.18. The van der Waals surface area contributed by atoms with Gasteiger partial charge >= 0.3 is 17.8 Å². The Morgan fingerprint density at radius 2 is 1.70 bits per heavy atom. The molecule has 7 heteroatoms. The molecule has 0 spiro atoms. The summed E-state index contributed by atoms with van der Waals surface area (Å²) >= 11 is 5.81. The van der Waals surface area contributed by atoms with Crippen LogP contribution in [0, 0.1) is 0 Å². The Morgan fingerprint density at radius 1 is 1.00 bits per heavy atom. The number of esters is 1. The van der Waals surface area contributed by atoms with E-state index in [-0.39, 0.29) is 17.8 Å². The zero-order chi connectivity index (χ0) is 19.6. The number of carbonyl (C=O) groups excluding carboxylic acids is 3. The van der Waals surface area contributed by atoms with Crippen LogP contribution >= 0.6 is 11.6 Å². The van der Waals surface area contributed by atoms with E-state index in [4.69, 9.17) is 16.3 Å². The van der Waals surface area contributed by atoms with Crippen molar-refractivity contribution < 1.29 is 19.1 Å². The van der Waals surface area contributed by atoms with E-state index in [2.05, 4.69) is 10.6 Å². The number of benzene rings is 2. The van der Waals surface area contributed by atoms with Gasteiger partial charge in [0.25, 0.3) is 0 Å². The van der Waals surface area contributed by atoms with Crippen LogP contribution in [0.25, 0.3) is 0 Å². The molecule has 0 unspecified atom stereocenters. The zero-order valence-electron chi connectivity index (χ0n) is 15.0. The molecule has 2 amide bonds. The second-order valence-electron chi connectivity index (χ2n) is 5.80. The van der Waals surface area contributed by atoms with Crippen LogP contribution in [0.15, 0.2) is 48.5 Å². The van der Waals surface area contributed by atoms with E-state index in [1.807, 2.05) is 6.92 Å². The molecule has 142 valence electrons. The summed E-state index contributed by atoms with van der Waals surface area (Å²) in [4.78, 5) is 36.3. The monoisotopic (exact) mass is 388 g/mol. The topological polar surface area (TPSA) is 84.5 Å². The van der Waals surface area contributed by atoms with Gasteiger partial charge in [-0.3, -0.25) is 9.59 Å². The number of hydrogen-bond acceptors (Lipinski definition) is 4. The highest BCUT2D eigenvalue weighted by Crippen LogP contribution is 2.16. The highest BCUT2D eigenvalue weighted by atomic mass is 35.5. The maximum absolute atomic E-state index is 12.1. The largest absolute Gasteiger partial charge is 0.462 e. The van der Waals surface area contributed by atoms with E-state index in [9.17, 15) is 14.4 Å². The van der Waals surface area contributed by atoms with E-state index in [0.29, 0.717) is 11.6 Å². The molecule has 0 aliphatic rings. The van der Waals surface area contributed by atoms with Crippen molar-refractivity contribution in [3.05, 3.63) is 64.7 Å². The first-order chi connectivity index (χ1) is 13.0. The third-order valence-corrected chi connectivity index (χ3v) is 3.95. The Bertz CT molecular complexity index is 806.